The first-order chi connectivity index (χ1) is 9.99. The van der Waals surface area contributed by atoms with Crippen molar-refractivity contribution in [1.29, 1.82) is 0 Å². The number of amides is 1. The Bertz CT molecular complexity index is 533. The van der Waals surface area contributed by atoms with E-state index in [2.05, 4.69) is 31.0 Å². The molecule has 0 aliphatic carbocycles. The highest BCUT2D eigenvalue weighted by atomic mass is 35.5. The Morgan fingerprint density at radius 2 is 2.14 bits per heavy atom. The molecule has 0 fully saturated rings. The predicted molar refractivity (Wildman–Crippen MR) is 87.0 cm³/mol. The van der Waals surface area contributed by atoms with Gasteiger partial charge in [0.15, 0.2) is 6.10 Å². The number of nitrogens with zero attached hydrogens (tertiary/aromatic N) is 1. The molecule has 1 heterocycles. The number of aliphatic hydroxyl groups excluding tert-OH is 1. The van der Waals surface area contributed by atoms with Crippen LogP contribution in [0.2, 0.25) is 5.02 Å². The predicted octanol–water partition coefficient (Wildman–Crippen LogP) is 3.73. The van der Waals surface area contributed by atoms with Crippen LogP contribution in [0.25, 0.3) is 0 Å². The molecule has 1 aromatic rings. The maximum Gasteiger partial charge on any atom is 0.257 e. The van der Waals surface area contributed by atoms with Crippen molar-refractivity contribution >= 4 is 28.9 Å². The van der Waals surface area contributed by atoms with E-state index in [0.29, 0.717) is 22.3 Å². The molecular weight excluding hydrogens is 288 g/mol. The molecule has 0 saturated heterocycles. The molecular formula is C16H23ClN2O2. The third-order valence-electron chi connectivity index (χ3n) is 4.10. The number of carbonyl (C=O) groups excluding carboxylic acids is 1. The fourth-order valence-electron chi connectivity index (χ4n) is 2.60. The number of rotatable bonds is 6. The minimum Gasteiger partial charge on any atom is -0.378 e. The normalized spacial score (nSPS) is 18.3. The van der Waals surface area contributed by atoms with Crippen LogP contribution in [0.3, 0.4) is 0 Å². The number of hydrogen-bond donors (Lipinski definition) is 2. The smallest absolute Gasteiger partial charge is 0.257 e. The highest BCUT2D eigenvalue weighted by Crippen LogP contribution is 2.39. The lowest BCUT2D eigenvalue weighted by Gasteiger charge is -2.32. The van der Waals surface area contributed by atoms with Gasteiger partial charge in [0.2, 0.25) is 0 Å². The van der Waals surface area contributed by atoms with Gasteiger partial charge in [0.1, 0.15) is 0 Å². The van der Waals surface area contributed by atoms with Gasteiger partial charge in [-0.2, -0.15) is 0 Å². The van der Waals surface area contributed by atoms with Gasteiger partial charge in [0.25, 0.3) is 5.91 Å². The largest absolute Gasteiger partial charge is 0.378 e. The van der Waals surface area contributed by atoms with Gasteiger partial charge in [-0.25, -0.2) is 0 Å². The third kappa shape index (κ3) is 3.16. The summed E-state index contributed by atoms with van der Waals surface area (Å²) >= 11 is 6.40. The fraction of sp³-hybridized carbons (Fsp3) is 0.562. The van der Waals surface area contributed by atoms with Crippen molar-refractivity contribution in [2.24, 2.45) is 0 Å². The summed E-state index contributed by atoms with van der Waals surface area (Å²) in [5.74, 6) is -0.387. The van der Waals surface area contributed by atoms with Crippen molar-refractivity contribution in [1.82, 2.24) is 0 Å². The monoisotopic (exact) mass is 310 g/mol. The van der Waals surface area contributed by atoms with Gasteiger partial charge < -0.3 is 15.3 Å². The van der Waals surface area contributed by atoms with Crippen LogP contribution in [0, 0.1) is 0 Å². The third-order valence-corrected chi connectivity index (χ3v) is 4.41. The first-order valence-corrected chi connectivity index (χ1v) is 7.96. The van der Waals surface area contributed by atoms with Crippen LogP contribution in [0.15, 0.2) is 12.1 Å². The molecule has 0 radical (unpaired) electrons. The number of hydrogen-bond acceptors (Lipinski definition) is 3. The summed E-state index contributed by atoms with van der Waals surface area (Å²) < 4.78 is 0. The summed E-state index contributed by atoms with van der Waals surface area (Å²) in [5, 5.41) is 13.1. The minimum absolute atomic E-state index is 0.370. The van der Waals surface area contributed by atoms with E-state index in [9.17, 15) is 9.90 Å². The average molecular weight is 311 g/mol. The van der Waals surface area contributed by atoms with E-state index >= 15 is 0 Å². The molecule has 1 aromatic carbocycles. The average Bonchev–Trinajstić information content (AvgIpc) is 2.74. The first kappa shape index (κ1) is 16.1. The minimum atomic E-state index is -1.11. The molecule has 4 nitrogen and oxygen atoms in total. The summed E-state index contributed by atoms with van der Waals surface area (Å²) in [6, 6.07) is 3.96. The zero-order chi connectivity index (χ0) is 15.6. The quantitative estimate of drug-likeness (QED) is 0.841. The lowest BCUT2D eigenvalue weighted by molar-refractivity contribution is -0.123. The highest BCUT2D eigenvalue weighted by molar-refractivity contribution is 6.33. The molecule has 1 aliphatic heterocycles. The van der Waals surface area contributed by atoms with E-state index in [4.69, 9.17) is 11.6 Å². The Balaban J connectivity index is 2.38. The Morgan fingerprint density at radius 1 is 1.43 bits per heavy atom. The van der Waals surface area contributed by atoms with E-state index in [0.717, 1.165) is 31.5 Å². The molecule has 5 heteroatoms. The van der Waals surface area contributed by atoms with Crippen molar-refractivity contribution in [3.63, 3.8) is 0 Å². The number of halogens is 1. The SMILES string of the molecule is CCCCN(c1cc2c(cc1Cl)C(O)C(=O)N2)C(C)CC. The summed E-state index contributed by atoms with van der Waals surface area (Å²) in [6.07, 6.45) is 2.11. The molecule has 0 saturated carbocycles. The van der Waals surface area contributed by atoms with Crippen molar-refractivity contribution < 1.29 is 9.90 Å². The van der Waals surface area contributed by atoms with Crippen LogP contribution in [0.4, 0.5) is 11.4 Å². The van der Waals surface area contributed by atoms with Gasteiger partial charge in [-0.1, -0.05) is 31.9 Å². The Labute approximate surface area is 131 Å². The van der Waals surface area contributed by atoms with Crippen LogP contribution in [0.1, 0.15) is 51.7 Å². The van der Waals surface area contributed by atoms with Crippen LogP contribution < -0.4 is 10.2 Å². The Morgan fingerprint density at radius 3 is 2.76 bits per heavy atom. The maximum atomic E-state index is 11.6. The number of benzene rings is 1. The summed E-state index contributed by atoms with van der Waals surface area (Å²) in [6.45, 7) is 7.42. The van der Waals surface area contributed by atoms with Crippen molar-refractivity contribution in [3.05, 3.63) is 22.7 Å². The van der Waals surface area contributed by atoms with E-state index in [-0.39, 0.29) is 5.91 Å². The summed E-state index contributed by atoms with van der Waals surface area (Å²) in [5.41, 5.74) is 2.15. The standard InChI is InChI=1S/C16H23ClN2O2/c1-4-6-7-19(10(3)5-2)14-9-13-11(8-12(14)17)15(20)16(21)18-13/h8-10,15,20H,4-7H2,1-3H3,(H,18,21). The number of fused-ring (bicyclic) bond motifs is 1. The Kier molecular flexibility index (Phi) is 5.12. The van der Waals surface area contributed by atoms with E-state index in [1.807, 2.05) is 6.07 Å². The van der Waals surface area contributed by atoms with Crippen LogP contribution >= 0.6 is 11.6 Å². The van der Waals surface area contributed by atoms with Crippen LogP contribution in [-0.2, 0) is 4.79 Å². The van der Waals surface area contributed by atoms with E-state index < -0.39 is 6.10 Å². The van der Waals surface area contributed by atoms with Gasteiger partial charge in [-0.3, -0.25) is 4.79 Å². The van der Waals surface area contributed by atoms with Crippen molar-refractivity contribution in [2.45, 2.75) is 52.2 Å². The molecule has 21 heavy (non-hydrogen) atoms. The number of carbonyl (C=O) groups is 1. The first-order valence-electron chi connectivity index (χ1n) is 7.58. The second kappa shape index (κ2) is 6.67. The Hall–Kier alpha value is -1.26. The number of unbranched alkanes of at least 4 members (excludes halogenated alkanes) is 1. The zero-order valence-electron chi connectivity index (χ0n) is 12.8. The van der Waals surface area contributed by atoms with E-state index in [1.54, 1.807) is 6.07 Å². The molecule has 2 N–H and O–H groups in total. The van der Waals surface area contributed by atoms with E-state index in [1.165, 1.54) is 0 Å². The number of aliphatic hydroxyl groups is 1. The van der Waals surface area contributed by atoms with Gasteiger partial charge in [0.05, 0.1) is 10.7 Å². The van der Waals surface area contributed by atoms with Gasteiger partial charge >= 0.3 is 0 Å². The van der Waals surface area contributed by atoms with Crippen molar-refractivity contribution in [2.75, 3.05) is 16.8 Å². The molecule has 0 aromatic heterocycles. The maximum absolute atomic E-state index is 11.6. The van der Waals surface area contributed by atoms with Gasteiger partial charge in [-0.15, -0.1) is 0 Å². The molecule has 1 aliphatic rings. The molecule has 0 spiro atoms. The van der Waals surface area contributed by atoms with Crippen molar-refractivity contribution in [3.8, 4) is 0 Å². The molecule has 2 atom stereocenters. The molecule has 116 valence electrons. The summed E-state index contributed by atoms with van der Waals surface area (Å²) in [7, 11) is 0. The molecule has 1 amide bonds. The molecule has 0 bridgehead atoms. The fourth-order valence-corrected chi connectivity index (χ4v) is 2.88. The number of nitrogens with one attached hydrogen (secondary N) is 1. The second-order valence-corrected chi connectivity index (χ2v) is 5.99. The van der Waals surface area contributed by atoms with Gasteiger partial charge in [0, 0.05) is 23.8 Å². The van der Waals surface area contributed by atoms with Crippen LogP contribution in [-0.4, -0.2) is 23.6 Å². The topological polar surface area (TPSA) is 52.6 Å². The molecule has 2 rings (SSSR count). The highest BCUT2D eigenvalue weighted by Gasteiger charge is 2.30. The van der Waals surface area contributed by atoms with Gasteiger partial charge in [-0.05, 0) is 31.9 Å². The number of anilines is 2. The second-order valence-electron chi connectivity index (χ2n) is 5.59. The zero-order valence-corrected chi connectivity index (χ0v) is 13.6. The summed E-state index contributed by atoms with van der Waals surface area (Å²) in [4.78, 5) is 13.8. The van der Waals surface area contributed by atoms with Crippen LogP contribution in [0.5, 0.6) is 0 Å². The molecule has 2 unspecified atom stereocenters. The lowest BCUT2D eigenvalue weighted by atomic mass is 10.1. The lowest BCUT2D eigenvalue weighted by Crippen LogP contribution is -2.33.